The van der Waals surface area contributed by atoms with Crippen LogP contribution in [0.2, 0.25) is 0 Å². The zero-order valence-electron chi connectivity index (χ0n) is 17.7. The summed E-state index contributed by atoms with van der Waals surface area (Å²) in [4.78, 5) is 22.6. The van der Waals surface area contributed by atoms with Crippen LogP contribution >= 0.6 is 0 Å². The van der Waals surface area contributed by atoms with Crippen LogP contribution in [-0.2, 0) is 6.54 Å². The highest BCUT2D eigenvalue weighted by Gasteiger charge is 2.24. The summed E-state index contributed by atoms with van der Waals surface area (Å²) < 4.78 is 28.0. The van der Waals surface area contributed by atoms with Crippen molar-refractivity contribution in [1.82, 2.24) is 19.1 Å². The van der Waals surface area contributed by atoms with Gasteiger partial charge in [0.1, 0.15) is 22.8 Å². The summed E-state index contributed by atoms with van der Waals surface area (Å²) in [6.07, 6.45) is 3.74. The molecule has 2 heterocycles. The average molecular weight is 435 g/mol. The van der Waals surface area contributed by atoms with Gasteiger partial charge in [0.2, 0.25) is 5.95 Å². The molecule has 1 aliphatic carbocycles. The third kappa shape index (κ3) is 3.66. The average Bonchev–Trinajstić information content (AvgIpc) is 3.58. The number of hydrogen-bond acceptors (Lipinski definition) is 6. The van der Waals surface area contributed by atoms with Crippen LogP contribution in [0.4, 0.5) is 10.3 Å². The molecular formula is C23H22FN5O3. The Labute approximate surface area is 183 Å². The van der Waals surface area contributed by atoms with Crippen molar-refractivity contribution in [3.8, 4) is 17.2 Å². The topological polar surface area (TPSA) is 83.2 Å². The number of anilines is 1. The Balaban J connectivity index is 1.69. The molecule has 0 radical (unpaired) electrons. The molecule has 0 saturated heterocycles. The second kappa shape index (κ2) is 7.99. The van der Waals surface area contributed by atoms with Crippen LogP contribution in [-0.4, -0.2) is 39.4 Å². The van der Waals surface area contributed by atoms with Crippen LogP contribution in [0, 0.1) is 5.82 Å². The Hall–Kier alpha value is -3.88. The van der Waals surface area contributed by atoms with Crippen LogP contribution in [0.15, 0.2) is 53.5 Å². The number of methoxy groups -OCH3 is 2. The lowest BCUT2D eigenvalue weighted by molar-refractivity contribution is 0.412. The summed E-state index contributed by atoms with van der Waals surface area (Å²) in [5.74, 6) is 1.16. The Morgan fingerprint density at radius 2 is 1.91 bits per heavy atom. The largest absolute Gasteiger partial charge is 0.497 e. The van der Waals surface area contributed by atoms with Gasteiger partial charge < -0.3 is 14.8 Å². The van der Waals surface area contributed by atoms with E-state index < -0.39 is 5.82 Å². The van der Waals surface area contributed by atoms with Gasteiger partial charge in [-0.1, -0.05) is 6.07 Å². The lowest BCUT2D eigenvalue weighted by atomic mass is 10.2. The molecule has 9 heteroatoms. The van der Waals surface area contributed by atoms with Crippen molar-refractivity contribution in [2.45, 2.75) is 25.4 Å². The lowest BCUT2D eigenvalue weighted by Gasteiger charge is -2.07. The molecule has 32 heavy (non-hydrogen) atoms. The van der Waals surface area contributed by atoms with Gasteiger partial charge in [-0.3, -0.25) is 4.57 Å². The van der Waals surface area contributed by atoms with E-state index in [2.05, 4.69) is 15.3 Å². The van der Waals surface area contributed by atoms with Crippen LogP contribution in [0.3, 0.4) is 0 Å². The summed E-state index contributed by atoms with van der Waals surface area (Å²) in [5.41, 5.74) is 1.51. The van der Waals surface area contributed by atoms with Gasteiger partial charge in [-0.05, 0) is 43.2 Å². The first kappa shape index (κ1) is 20.0. The molecule has 0 bridgehead atoms. The zero-order valence-corrected chi connectivity index (χ0v) is 17.7. The second-order valence-electron chi connectivity index (χ2n) is 7.68. The fourth-order valence-corrected chi connectivity index (χ4v) is 3.62. The van der Waals surface area contributed by atoms with Gasteiger partial charge in [0.15, 0.2) is 5.65 Å². The SMILES string of the molecule is COc1cccc(-n2c(=O)n(Cc3cc(OC)ccc3F)c3cnc(NC4CC4)nc32)c1. The predicted molar refractivity (Wildman–Crippen MR) is 118 cm³/mol. The monoisotopic (exact) mass is 435 g/mol. The highest BCUT2D eigenvalue weighted by molar-refractivity contribution is 5.74. The number of hydrogen-bond donors (Lipinski definition) is 1. The van der Waals surface area contributed by atoms with Crippen molar-refractivity contribution >= 4 is 17.1 Å². The predicted octanol–water partition coefficient (Wildman–Crippen LogP) is 3.36. The number of fused-ring (bicyclic) bond motifs is 1. The van der Waals surface area contributed by atoms with E-state index in [9.17, 15) is 9.18 Å². The van der Waals surface area contributed by atoms with E-state index in [1.165, 1.54) is 22.3 Å². The fraction of sp³-hybridized carbons (Fsp3) is 0.261. The Bertz CT molecular complexity index is 1360. The van der Waals surface area contributed by atoms with Gasteiger partial charge in [0.25, 0.3) is 0 Å². The summed E-state index contributed by atoms with van der Waals surface area (Å²) in [6.45, 7) is 0.00803. The van der Waals surface area contributed by atoms with E-state index in [0.717, 1.165) is 12.8 Å². The normalized spacial score (nSPS) is 13.3. The van der Waals surface area contributed by atoms with Crippen LogP contribution in [0.25, 0.3) is 16.9 Å². The Kier molecular flexibility index (Phi) is 5.01. The van der Waals surface area contributed by atoms with Crippen molar-refractivity contribution in [3.05, 3.63) is 70.5 Å². The molecule has 2 aromatic carbocycles. The number of imidazole rings is 1. The first-order valence-electron chi connectivity index (χ1n) is 10.3. The quantitative estimate of drug-likeness (QED) is 0.479. The first-order chi connectivity index (χ1) is 15.6. The van der Waals surface area contributed by atoms with E-state index in [-0.39, 0.29) is 12.2 Å². The summed E-state index contributed by atoms with van der Waals surface area (Å²) in [5, 5.41) is 3.26. The van der Waals surface area contributed by atoms with Crippen molar-refractivity contribution in [3.63, 3.8) is 0 Å². The molecule has 5 rings (SSSR count). The third-order valence-corrected chi connectivity index (χ3v) is 5.48. The molecule has 4 aromatic rings. The minimum absolute atomic E-state index is 0.00803. The van der Waals surface area contributed by atoms with E-state index in [4.69, 9.17) is 9.47 Å². The molecule has 0 aliphatic heterocycles. The molecular weight excluding hydrogens is 413 g/mol. The Morgan fingerprint density at radius 1 is 1.12 bits per heavy atom. The number of nitrogens with zero attached hydrogens (tertiary/aromatic N) is 4. The Morgan fingerprint density at radius 3 is 2.66 bits per heavy atom. The number of benzene rings is 2. The molecule has 0 spiro atoms. The van der Waals surface area contributed by atoms with Gasteiger partial charge in [0, 0.05) is 17.7 Å². The number of rotatable bonds is 7. The maximum absolute atomic E-state index is 14.5. The molecule has 0 amide bonds. The van der Waals surface area contributed by atoms with Crippen molar-refractivity contribution < 1.29 is 13.9 Å². The standard InChI is InChI=1S/C23H22FN5O3/c1-31-17-5-3-4-16(11-17)29-21-20(12-25-22(27-21)26-15-6-7-15)28(23(29)30)13-14-10-18(32-2)8-9-19(14)24/h3-5,8-12,15H,6-7,13H2,1-2H3,(H,25,26,27). The van der Waals surface area contributed by atoms with Crippen molar-refractivity contribution in [2.75, 3.05) is 19.5 Å². The van der Waals surface area contributed by atoms with E-state index in [0.29, 0.717) is 45.9 Å². The number of halogens is 1. The summed E-state index contributed by atoms with van der Waals surface area (Å²) >= 11 is 0. The van der Waals surface area contributed by atoms with Gasteiger partial charge >= 0.3 is 5.69 Å². The molecule has 1 aliphatic rings. The van der Waals surface area contributed by atoms with Crippen LogP contribution < -0.4 is 20.5 Å². The summed E-state index contributed by atoms with van der Waals surface area (Å²) in [6, 6.07) is 12.0. The van der Waals surface area contributed by atoms with Gasteiger partial charge in [-0.15, -0.1) is 0 Å². The van der Waals surface area contributed by atoms with Crippen molar-refractivity contribution in [2.24, 2.45) is 0 Å². The third-order valence-electron chi connectivity index (χ3n) is 5.48. The summed E-state index contributed by atoms with van der Waals surface area (Å²) in [7, 11) is 3.08. The first-order valence-corrected chi connectivity index (χ1v) is 10.3. The van der Waals surface area contributed by atoms with Gasteiger partial charge in [-0.25, -0.2) is 18.7 Å². The highest BCUT2D eigenvalue weighted by atomic mass is 19.1. The van der Waals surface area contributed by atoms with Gasteiger partial charge in [0.05, 0.1) is 32.6 Å². The molecule has 0 atom stereocenters. The van der Waals surface area contributed by atoms with Gasteiger partial charge in [-0.2, -0.15) is 4.98 Å². The molecule has 0 unspecified atom stereocenters. The number of nitrogens with one attached hydrogen (secondary N) is 1. The number of ether oxygens (including phenoxy) is 2. The lowest BCUT2D eigenvalue weighted by Crippen LogP contribution is -2.24. The van der Waals surface area contributed by atoms with Crippen molar-refractivity contribution in [1.29, 1.82) is 0 Å². The molecule has 8 nitrogen and oxygen atoms in total. The second-order valence-corrected chi connectivity index (χ2v) is 7.68. The maximum atomic E-state index is 14.5. The molecule has 1 fully saturated rings. The molecule has 1 N–H and O–H groups in total. The maximum Gasteiger partial charge on any atom is 0.335 e. The van der Waals surface area contributed by atoms with E-state index >= 15 is 0 Å². The van der Waals surface area contributed by atoms with Crippen LogP contribution in [0.1, 0.15) is 18.4 Å². The highest BCUT2D eigenvalue weighted by Crippen LogP contribution is 2.26. The minimum atomic E-state index is -0.423. The smallest absolute Gasteiger partial charge is 0.335 e. The zero-order chi connectivity index (χ0) is 22.2. The molecule has 1 saturated carbocycles. The van der Waals surface area contributed by atoms with Crippen LogP contribution in [0.5, 0.6) is 11.5 Å². The fourth-order valence-electron chi connectivity index (χ4n) is 3.62. The van der Waals surface area contributed by atoms with E-state index in [1.54, 1.807) is 49.7 Å². The molecule has 164 valence electrons. The number of aromatic nitrogens is 4. The van der Waals surface area contributed by atoms with E-state index in [1.807, 2.05) is 0 Å². The minimum Gasteiger partial charge on any atom is -0.497 e. The molecule has 2 aromatic heterocycles.